The number of hydrogen-bond acceptors (Lipinski definition) is 3. The number of likely N-dealkylation sites (tertiary alicyclic amines) is 1. The lowest BCUT2D eigenvalue weighted by Gasteiger charge is -2.14. The second kappa shape index (κ2) is 7.02. The van der Waals surface area contributed by atoms with E-state index < -0.39 is 11.9 Å². The monoisotopic (exact) mass is 355 g/mol. The molecule has 23 heavy (non-hydrogen) atoms. The lowest BCUT2D eigenvalue weighted by Crippen LogP contribution is -2.29. The van der Waals surface area contributed by atoms with Crippen LogP contribution in [0.15, 0.2) is 36.7 Å². The van der Waals surface area contributed by atoms with Gasteiger partial charge in [-0.1, -0.05) is 11.6 Å². The second-order valence-corrected chi connectivity index (χ2v) is 5.66. The van der Waals surface area contributed by atoms with Gasteiger partial charge in [0.1, 0.15) is 0 Å². The summed E-state index contributed by atoms with van der Waals surface area (Å²) in [7, 11) is 0. The number of carbonyl (C=O) groups excluding carboxylic acids is 1. The minimum atomic E-state index is -0.854. The molecule has 1 aliphatic heterocycles. The third kappa shape index (κ3) is 3.65. The first-order chi connectivity index (χ1) is 10.5. The minimum absolute atomic E-state index is 0. The lowest BCUT2D eigenvalue weighted by molar-refractivity contribution is -0.141. The highest BCUT2D eigenvalue weighted by Gasteiger charge is 2.31. The number of benzene rings is 1. The van der Waals surface area contributed by atoms with Gasteiger partial charge in [-0.25, -0.2) is 4.68 Å². The van der Waals surface area contributed by atoms with Gasteiger partial charge in [0.05, 0.1) is 23.4 Å². The fourth-order valence-electron chi connectivity index (χ4n) is 2.50. The Morgan fingerprint density at radius 1 is 1.26 bits per heavy atom. The molecule has 2 aromatic rings. The van der Waals surface area contributed by atoms with Gasteiger partial charge < -0.3 is 10.0 Å². The topological polar surface area (TPSA) is 75.4 Å². The second-order valence-electron chi connectivity index (χ2n) is 5.23. The van der Waals surface area contributed by atoms with Crippen molar-refractivity contribution in [2.75, 3.05) is 13.1 Å². The summed E-state index contributed by atoms with van der Waals surface area (Å²) in [5.41, 5.74) is 1.24. The molecule has 122 valence electrons. The average Bonchev–Trinajstić information content (AvgIpc) is 3.17. The zero-order valence-electron chi connectivity index (χ0n) is 12.1. The molecular weight excluding hydrogens is 341 g/mol. The van der Waals surface area contributed by atoms with Crippen molar-refractivity contribution in [3.05, 3.63) is 47.2 Å². The third-order valence-corrected chi connectivity index (χ3v) is 4.00. The molecule has 8 heteroatoms. The number of carbonyl (C=O) groups is 2. The van der Waals surface area contributed by atoms with Crippen molar-refractivity contribution in [3.63, 3.8) is 0 Å². The molecule has 1 N–H and O–H groups in total. The van der Waals surface area contributed by atoms with Crippen molar-refractivity contribution in [3.8, 4) is 5.69 Å². The minimum Gasteiger partial charge on any atom is -0.481 e. The molecule has 1 atom stereocenters. The van der Waals surface area contributed by atoms with Crippen molar-refractivity contribution in [2.24, 2.45) is 5.92 Å². The summed E-state index contributed by atoms with van der Waals surface area (Å²) in [6.45, 7) is 0.711. The molecule has 1 aliphatic rings. The smallest absolute Gasteiger partial charge is 0.308 e. The van der Waals surface area contributed by atoms with E-state index in [1.54, 1.807) is 40.0 Å². The van der Waals surface area contributed by atoms with Gasteiger partial charge in [-0.3, -0.25) is 9.59 Å². The number of carboxylic acids is 1. The van der Waals surface area contributed by atoms with Crippen molar-refractivity contribution >= 4 is 35.9 Å². The first-order valence-corrected chi connectivity index (χ1v) is 7.25. The third-order valence-electron chi connectivity index (χ3n) is 3.75. The number of carboxylic acid groups (broad SMARTS) is 1. The van der Waals surface area contributed by atoms with Crippen molar-refractivity contribution in [1.82, 2.24) is 14.7 Å². The van der Waals surface area contributed by atoms with E-state index in [0.717, 1.165) is 5.69 Å². The van der Waals surface area contributed by atoms with Gasteiger partial charge in [0, 0.05) is 24.3 Å². The quantitative estimate of drug-likeness (QED) is 0.917. The van der Waals surface area contributed by atoms with Crippen LogP contribution in [-0.2, 0) is 4.79 Å². The van der Waals surface area contributed by atoms with Gasteiger partial charge in [-0.05, 0) is 30.7 Å². The van der Waals surface area contributed by atoms with Crippen LogP contribution in [0.1, 0.15) is 16.8 Å². The highest BCUT2D eigenvalue weighted by molar-refractivity contribution is 6.30. The average molecular weight is 356 g/mol. The fourth-order valence-corrected chi connectivity index (χ4v) is 2.62. The van der Waals surface area contributed by atoms with E-state index in [1.165, 1.54) is 6.20 Å². The number of hydrogen-bond donors (Lipinski definition) is 1. The van der Waals surface area contributed by atoms with Gasteiger partial charge in [0.2, 0.25) is 0 Å². The molecular formula is C15H15Cl2N3O3. The Morgan fingerprint density at radius 3 is 2.57 bits per heavy atom. The summed E-state index contributed by atoms with van der Waals surface area (Å²) in [6.07, 6.45) is 3.62. The molecule has 1 unspecified atom stereocenters. The molecule has 0 spiro atoms. The van der Waals surface area contributed by atoms with Gasteiger partial charge in [-0.15, -0.1) is 12.4 Å². The van der Waals surface area contributed by atoms with Gasteiger partial charge in [0.25, 0.3) is 5.91 Å². The zero-order chi connectivity index (χ0) is 15.7. The summed E-state index contributed by atoms with van der Waals surface area (Å²) in [6, 6.07) is 7.11. The number of aromatic nitrogens is 2. The van der Waals surface area contributed by atoms with Crippen molar-refractivity contribution in [1.29, 1.82) is 0 Å². The molecule has 0 saturated carbocycles. The molecule has 2 heterocycles. The van der Waals surface area contributed by atoms with Crippen LogP contribution in [0.2, 0.25) is 5.02 Å². The number of amides is 1. The zero-order valence-corrected chi connectivity index (χ0v) is 13.6. The van der Waals surface area contributed by atoms with Gasteiger partial charge in [0.15, 0.2) is 0 Å². The largest absolute Gasteiger partial charge is 0.481 e. The predicted molar refractivity (Wildman–Crippen MR) is 87.5 cm³/mol. The molecule has 1 saturated heterocycles. The van der Waals surface area contributed by atoms with Crippen LogP contribution in [0.5, 0.6) is 0 Å². The standard InChI is InChI=1S/C15H14ClN3O3.ClH/c16-12-1-3-13(4-2-12)19-9-11(7-17-19)14(20)18-6-5-10(8-18)15(21)22;/h1-4,7,9-10H,5-6,8H2,(H,21,22);1H. The number of nitrogens with zero attached hydrogens (tertiary/aromatic N) is 3. The number of aliphatic carboxylic acids is 1. The maximum atomic E-state index is 12.4. The summed E-state index contributed by atoms with van der Waals surface area (Å²) in [5, 5.41) is 13.8. The highest BCUT2D eigenvalue weighted by Crippen LogP contribution is 2.19. The maximum absolute atomic E-state index is 12.4. The van der Waals surface area contributed by atoms with Crippen molar-refractivity contribution < 1.29 is 14.7 Å². The predicted octanol–water partition coefficient (Wildman–Crippen LogP) is 2.49. The van der Waals surface area contributed by atoms with Crippen LogP contribution >= 0.6 is 24.0 Å². The Morgan fingerprint density at radius 2 is 1.96 bits per heavy atom. The van der Waals surface area contributed by atoms with Crippen LogP contribution < -0.4 is 0 Å². The molecule has 1 amide bonds. The van der Waals surface area contributed by atoms with E-state index in [0.29, 0.717) is 23.6 Å². The summed E-state index contributed by atoms with van der Waals surface area (Å²) >= 11 is 5.84. The molecule has 1 aromatic heterocycles. The lowest BCUT2D eigenvalue weighted by atomic mass is 10.1. The van der Waals surface area contributed by atoms with Crippen LogP contribution in [0.25, 0.3) is 5.69 Å². The van der Waals surface area contributed by atoms with E-state index in [9.17, 15) is 9.59 Å². The molecule has 0 radical (unpaired) electrons. The molecule has 1 aromatic carbocycles. The highest BCUT2D eigenvalue weighted by atomic mass is 35.5. The van der Waals surface area contributed by atoms with E-state index >= 15 is 0 Å². The van der Waals surface area contributed by atoms with Crippen LogP contribution in [-0.4, -0.2) is 44.8 Å². The fraction of sp³-hybridized carbons (Fsp3) is 0.267. The van der Waals surface area contributed by atoms with Gasteiger partial charge >= 0.3 is 5.97 Å². The molecule has 6 nitrogen and oxygen atoms in total. The summed E-state index contributed by atoms with van der Waals surface area (Å²) in [4.78, 5) is 24.9. The Kier molecular flexibility index (Phi) is 5.28. The number of halogens is 2. The van der Waals surface area contributed by atoms with Crippen LogP contribution in [0, 0.1) is 5.92 Å². The Hall–Kier alpha value is -2.05. The van der Waals surface area contributed by atoms with Crippen LogP contribution in [0.4, 0.5) is 0 Å². The SMILES string of the molecule is Cl.O=C(O)C1CCN(C(=O)c2cnn(-c3ccc(Cl)cc3)c2)C1. The Balaban J connectivity index is 0.00000192. The maximum Gasteiger partial charge on any atom is 0.308 e. The first-order valence-electron chi connectivity index (χ1n) is 6.87. The molecule has 0 aliphatic carbocycles. The molecule has 1 fully saturated rings. The normalized spacial score (nSPS) is 16.9. The summed E-state index contributed by atoms with van der Waals surface area (Å²) < 4.78 is 1.59. The van der Waals surface area contributed by atoms with Crippen molar-refractivity contribution in [2.45, 2.75) is 6.42 Å². The Bertz CT molecular complexity index is 715. The number of rotatable bonds is 3. The van der Waals surface area contributed by atoms with E-state index in [1.807, 2.05) is 0 Å². The van der Waals surface area contributed by atoms with Gasteiger partial charge in [-0.2, -0.15) is 5.10 Å². The van der Waals surface area contributed by atoms with Crippen LogP contribution in [0.3, 0.4) is 0 Å². The first kappa shape index (κ1) is 17.3. The van der Waals surface area contributed by atoms with E-state index in [2.05, 4.69) is 5.10 Å². The molecule has 0 bridgehead atoms. The van der Waals surface area contributed by atoms with E-state index in [4.69, 9.17) is 16.7 Å². The molecule has 3 rings (SSSR count). The Labute approximate surface area is 144 Å². The summed E-state index contributed by atoms with van der Waals surface area (Å²) in [5.74, 6) is -1.52. The van der Waals surface area contributed by atoms with E-state index in [-0.39, 0.29) is 24.9 Å².